The van der Waals surface area contributed by atoms with E-state index in [9.17, 15) is 13.2 Å². The van der Waals surface area contributed by atoms with Crippen LogP contribution in [-0.2, 0) is 6.18 Å². The number of halogens is 6. The van der Waals surface area contributed by atoms with Crippen LogP contribution in [0.25, 0.3) is 22.7 Å². The third-order valence-corrected chi connectivity index (χ3v) is 3.99. The Kier molecular flexibility index (Phi) is 3.94. The molecule has 3 heterocycles. The van der Waals surface area contributed by atoms with Crippen LogP contribution in [0.4, 0.5) is 13.2 Å². The molecule has 0 aromatic carbocycles. The molecule has 0 amide bonds. The molecule has 0 radical (unpaired) electrons. The van der Waals surface area contributed by atoms with Gasteiger partial charge in [0.25, 0.3) is 0 Å². The van der Waals surface area contributed by atoms with Gasteiger partial charge >= 0.3 is 6.18 Å². The zero-order chi connectivity index (χ0) is 16.1. The molecule has 0 spiro atoms. The molecule has 10 heteroatoms. The minimum atomic E-state index is -4.52. The van der Waals surface area contributed by atoms with Crippen molar-refractivity contribution in [3.8, 4) is 11.5 Å². The van der Waals surface area contributed by atoms with Gasteiger partial charge < -0.3 is 0 Å². The second-order valence-corrected chi connectivity index (χ2v) is 6.26. The van der Waals surface area contributed by atoms with E-state index < -0.39 is 11.7 Å². The molecule has 0 fully saturated rings. The molecular weight excluding hydrogens is 455 g/mol. The van der Waals surface area contributed by atoms with E-state index >= 15 is 0 Å². The molecule has 3 aromatic rings. The zero-order valence-corrected chi connectivity index (χ0v) is 14.0. The molecule has 0 atom stereocenters. The lowest BCUT2D eigenvalue weighted by Gasteiger charge is -2.08. The average Bonchev–Trinajstić information content (AvgIpc) is 2.74. The predicted octanol–water partition coefficient (Wildman–Crippen LogP) is 4.77. The maximum Gasteiger partial charge on any atom is 0.417 e. The van der Waals surface area contributed by atoms with Gasteiger partial charge in [-0.25, -0.2) is 14.1 Å². The van der Waals surface area contributed by atoms with E-state index in [-0.39, 0.29) is 16.5 Å². The van der Waals surface area contributed by atoms with Crippen LogP contribution in [0.2, 0.25) is 5.02 Å². The number of aromatic nitrogens is 4. The fourth-order valence-electron chi connectivity index (χ4n) is 1.82. The number of pyridine rings is 2. The quantitative estimate of drug-likeness (QED) is 0.493. The normalized spacial score (nSPS) is 12.1. The van der Waals surface area contributed by atoms with Crippen LogP contribution >= 0.6 is 46.0 Å². The molecule has 3 rings (SSSR count). The van der Waals surface area contributed by atoms with Crippen molar-refractivity contribution < 1.29 is 13.2 Å². The van der Waals surface area contributed by atoms with Crippen LogP contribution in [0.3, 0.4) is 0 Å². The zero-order valence-electron chi connectivity index (χ0n) is 10.4. The fraction of sp³-hybridized carbons (Fsp3) is 0.0833. The third kappa shape index (κ3) is 2.74. The molecule has 0 N–H and O–H groups in total. The Bertz CT molecular complexity index is 879. The lowest BCUT2D eigenvalue weighted by Crippen LogP contribution is -2.06. The minimum absolute atomic E-state index is 0.0534. The van der Waals surface area contributed by atoms with Gasteiger partial charge in [0.05, 0.1) is 10.6 Å². The number of nitrogens with zero attached hydrogens (tertiary/aromatic N) is 4. The van der Waals surface area contributed by atoms with Crippen LogP contribution < -0.4 is 0 Å². The molecular formula is C12H4Cl2F3IN4. The Morgan fingerprint density at radius 2 is 1.86 bits per heavy atom. The monoisotopic (exact) mass is 458 g/mol. The number of rotatable bonds is 1. The van der Waals surface area contributed by atoms with Crippen molar-refractivity contribution in [3.63, 3.8) is 0 Å². The summed E-state index contributed by atoms with van der Waals surface area (Å²) in [5, 5.41) is -0.193. The van der Waals surface area contributed by atoms with E-state index in [1.165, 1.54) is 0 Å². The van der Waals surface area contributed by atoms with Crippen LogP contribution in [-0.4, -0.2) is 19.0 Å². The van der Waals surface area contributed by atoms with Gasteiger partial charge in [-0.05, 0) is 34.7 Å². The van der Waals surface area contributed by atoms with Crippen LogP contribution in [0, 0.1) is 3.57 Å². The lowest BCUT2D eigenvalue weighted by molar-refractivity contribution is -0.137. The molecule has 0 saturated heterocycles. The average molecular weight is 459 g/mol. The van der Waals surface area contributed by atoms with Crippen molar-refractivity contribution in [2.45, 2.75) is 6.18 Å². The molecule has 0 bridgehead atoms. The molecule has 0 unspecified atom stereocenters. The highest BCUT2D eigenvalue weighted by Crippen LogP contribution is 2.34. The van der Waals surface area contributed by atoms with E-state index in [4.69, 9.17) is 23.4 Å². The summed E-state index contributed by atoms with van der Waals surface area (Å²) >= 11 is 14.1. The summed E-state index contributed by atoms with van der Waals surface area (Å²) in [6.45, 7) is 0. The number of alkyl halides is 3. The largest absolute Gasteiger partial charge is 0.417 e. The van der Waals surface area contributed by atoms with E-state index in [0.717, 1.165) is 13.7 Å². The predicted molar refractivity (Wildman–Crippen MR) is 84.7 cm³/mol. The van der Waals surface area contributed by atoms with E-state index in [1.807, 2.05) is 0 Å². The summed E-state index contributed by atoms with van der Waals surface area (Å²) in [5.41, 5.74) is -0.0201. The van der Waals surface area contributed by atoms with E-state index in [0.29, 0.717) is 17.4 Å². The Balaban J connectivity index is 2.17. The second kappa shape index (κ2) is 5.50. The maximum atomic E-state index is 12.6. The number of fused-ring (bicyclic) bond motifs is 1. The summed E-state index contributed by atoms with van der Waals surface area (Å²) in [6.07, 6.45) is -2.24. The van der Waals surface area contributed by atoms with Crippen LogP contribution in [0.5, 0.6) is 0 Å². The molecule has 114 valence electrons. The van der Waals surface area contributed by atoms with Crippen LogP contribution in [0.1, 0.15) is 5.56 Å². The van der Waals surface area contributed by atoms with Crippen molar-refractivity contribution in [2.24, 2.45) is 0 Å². The van der Waals surface area contributed by atoms with Crippen molar-refractivity contribution in [1.29, 1.82) is 0 Å². The van der Waals surface area contributed by atoms with E-state index in [2.05, 4.69) is 37.5 Å². The van der Waals surface area contributed by atoms with Crippen molar-refractivity contribution in [2.75, 3.05) is 0 Å². The molecule has 0 aliphatic heterocycles. The fourth-order valence-corrected chi connectivity index (χ4v) is 2.75. The van der Waals surface area contributed by atoms with Crippen LogP contribution in [0.15, 0.2) is 24.5 Å². The van der Waals surface area contributed by atoms with Gasteiger partial charge in [-0.2, -0.15) is 13.2 Å². The summed E-state index contributed by atoms with van der Waals surface area (Å²) in [7, 11) is 0. The highest BCUT2D eigenvalue weighted by atomic mass is 127. The topological polar surface area (TPSA) is 43.6 Å². The molecule has 3 aromatic heterocycles. The lowest BCUT2D eigenvalue weighted by atomic mass is 10.2. The van der Waals surface area contributed by atoms with E-state index in [1.54, 1.807) is 12.3 Å². The highest BCUT2D eigenvalue weighted by Gasteiger charge is 2.32. The van der Waals surface area contributed by atoms with Crippen molar-refractivity contribution in [1.82, 2.24) is 19.0 Å². The second-order valence-electron chi connectivity index (χ2n) is 4.26. The van der Waals surface area contributed by atoms with Gasteiger partial charge in [-0.1, -0.05) is 11.6 Å². The first kappa shape index (κ1) is 15.8. The Hall–Kier alpha value is -1.13. The number of hydrogen-bond acceptors (Lipinski definition) is 3. The standard InChI is InChI=1S/C12H4Cl2F3IN4/c13-7-1-5(12(15,16)17)3-19-9(7)11-21-8-2-6(18)4-20-10(8)22(11)14/h1-4H. The minimum Gasteiger partial charge on any atom is -0.251 e. The molecule has 4 nitrogen and oxygen atoms in total. The first-order valence-corrected chi connectivity index (χ1v) is 7.50. The van der Waals surface area contributed by atoms with Gasteiger partial charge in [0, 0.05) is 27.7 Å². The van der Waals surface area contributed by atoms with Gasteiger partial charge in [-0.15, -0.1) is 0 Å². The number of hydrogen-bond donors (Lipinski definition) is 0. The number of imidazole rings is 1. The first-order chi connectivity index (χ1) is 10.3. The smallest absolute Gasteiger partial charge is 0.251 e. The van der Waals surface area contributed by atoms with Crippen molar-refractivity contribution in [3.05, 3.63) is 38.7 Å². The first-order valence-electron chi connectivity index (χ1n) is 5.70. The van der Waals surface area contributed by atoms with Gasteiger partial charge in [-0.3, -0.25) is 4.98 Å². The molecule has 0 aliphatic rings. The third-order valence-electron chi connectivity index (χ3n) is 2.79. The Morgan fingerprint density at radius 1 is 1.14 bits per heavy atom. The van der Waals surface area contributed by atoms with Gasteiger partial charge in [0.15, 0.2) is 11.5 Å². The molecule has 22 heavy (non-hydrogen) atoms. The Labute approximate surface area is 145 Å². The SMILES string of the molecule is FC(F)(F)c1cnc(-c2nc3cc(I)cnc3n2Cl)c(Cl)c1. The summed E-state index contributed by atoms with van der Waals surface area (Å²) < 4.78 is 39.9. The summed E-state index contributed by atoms with van der Waals surface area (Å²) in [4.78, 5) is 12.1. The maximum absolute atomic E-state index is 12.6. The summed E-state index contributed by atoms with van der Waals surface area (Å²) in [5.74, 6) is 0.130. The van der Waals surface area contributed by atoms with Gasteiger partial charge in [0.2, 0.25) is 0 Å². The highest BCUT2D eigenvalue weighted by molar-refractivity contribution is 14.1. The van der Waals surface area contributed by atoms with Gasteiger partial charge in [0.1, 0.15) is 11.2 Å². The van der Waals surface area contributed by atoms with Crippen molar-refractivity contribution >= 4 is 57.1 Å². The summed E-state index contributed by atoms with van der Waals surface area (Å²) in [6, 6.07) is 2.53. The molecule has 0 aliphatic carbocycles. The Morgan fingerprint density at radius 3 is 2.50 bits per heavy atom. The molecule has 0 saturated carbocycles.